The Morgan fingerprint density at radius 1 is 1.14 bits per heavy atom. The standard InChI is InChI=1S/C18H18N2O/c1-14-7-2-3-9-16(14)13-18(21)20-17-11-5-4-8-15(17)10-6-12-19/h2-5,7-9,11H,12-13,19H2,1H3,(H,20,21). The number of nitrogens with one attached hydrogen (secondary N) is 1. The molecule has 0 heterocycles. The second-order valence-corrected chi connectivity index (χ2v) is 4.70. The zero-order chi connectivity index (χ0) is 15.1. The van der Waals surface area contributed by atoms with Crippen molar-refractivity contribution in [3.63, 3.8) is 0 Å². The average Bonchev–Trinajstić information content (AvgIpc) is 2.49. The summed E-state index contributed by atoms with van der Waals surface area (Å²) in [4.78, 5) is 12.2. The molecule has 0 aliphatic rings. The molecule has 3 nitrogen and oxygen atoms in total. The topological polar surface area (TPSA) is 55.1 Å². The van der Waals surface area contributed by atoms with Crippen molar-refractivity contribution in [3.05, 3.63) is 65.2 Å². The average molecular weight is 278 g/mol. The molecule has 2 rings (SSSR count). The van der Waals surface area contributed by atoms with Crippen molar-refractivity contribution in [1.29, 1.82) is 0 Å². The van der Waals surface area contributed by atoms with Gasteiger partial charge in [-0.3, -0.25) is 4.79 Å². The highest BCUT2D eigenvalue weighted by Crippen LogP contribution is 2.15. The van der Waals surface area contributed by atoms with Crippen LogP contribution in [0, 0.1) is 18.8 Å². The van der Waals surface area contributed by atoms with Crippen LogP contribution in [0.4, 0.5) is 5.69 Å². The number of para-hydroxylation sites is 1. The number of benzene rings is 2. The molecule has 0 radical (unpaired) electrons. The molecular weight excluding hydrogens is 260 g/mol. The fraction of sp³-hybridized carbons (Fsp3) is 0.167. The summed E-state index contributed by atoms with van der Waals surface area (Å²) in [6, 6.07) is 15.3. The molecule has 0 bridgehead atoms. The fourth-order valence-electron chi connectivity index (χ4n) is 2.02. The van der Waals surface area contributed by atoms with Gasteiger partial charge < -0.3 is 11.1 Å². The van der Waals surface area contributed by atoms with Crippen LogP contribution in [0.5, 0.6) is 0 Å². The molecule has 1 amide bonds. The van der Waals surface area contributed by atoms with E-state index in [2.05, 4.69) is 17.2 Å². The summed E-state index contributed by atoms with van der Waals surface area (Å²) in [6.45, 7) is 2.30. The van der Waals surface area contributed by atoms with Crippen LogP contribution in [-0.4, -0.2) is 12.5 Å². The summed E-state index contributed by atoms with van der Waals surface area (Å²) in [5.41, 5.74) is 9.03. The maximum Gasteiger partial charge on any atom is 0.228 e. The lowest BCUT2D eigenvalue weighted by Gasteiger charge is -2.09. The van der Waals surface area contributed by atoms with E-state index in [0.29, 0.717) is 13.0 Å². The molecule has 0 spiro atoms. The Kier molecular flexibility index (Phi) is 5.14. The number of aryl methyl sites for hydroxylation is 1. The molecular formula is C18H18N2O. The summed E-state index contributed by atoms with van der Waals surface area (Å²) in [5, 5.41) is 2.91. The number of carbonyl (C=O) groups is 1. The Bertz CT molecular complexity index is 696. The summed E-state index contributed by atoms with van der Waals surface area (Å²) < 4.78 is 0. The first-order chi connectivity index (χ1) is 10.2. The van der Waals surface area contributed by atoms with E-state index in [9.17, 15) is 4.79 Å². The van der Waals surface area contributed by atoms with E-state index in [0.717, 1.165) is 22.4 Å². The van der Waals surface area contributed by atoms with E-state index < -0.39 is 0 Å². The van der Waals surface area contributed by atoms with Gasteiger partial charge in [-0.25, -0.2) is 0 Å². The number of hydrogen-bond acceptors (Lipinski definition) is 2. The van der Waals surface area contributed by atoms with Gasteiger partial charge in [0.2, 0.25) is 5.91 Å². The van der Waals surface area contributed by atoms with Gasteiger partial charge in [-0.1, -0.05) is 48.2 Å². The third-order valence-corrected chi connectivity index (χ3v) is 3.14. The van der Waals surface area contributed by atoms with Crippen molar-refractivity contribution < 1.29 is 4.79 Å². The highest BCUT2D eigenvalue weighted by atomic mass is 16.1. The van der Waals surface area contributed by atoms with Gasteiger partial charge in [0, 0.05) is 5.56 Å². The molecule has 0 atom stereocenters. The summed E-state index contributed by atoms with van der Waals surface area (Å²) in [5.74, 6) is 5.72. The van der Waals surface area contributed by atoms with Crippen LogP contribution in [0.1, 0.15) is 16.7 Å². The van der Waals surface area contributed by atoms with E-state index >= 15 is 0 Å². The SMILES string of the molecule is Cc1ccccc1CC(=O)Nc1ccccc1C#CCN. The van der Waals surface area contributed by atoms with Crippen molar-refractivity contribution in [2.24, 2.45) is 5.73 Å². The van der Waals surface area contributed by atoms with Crippen LogP contribution in [0.3, 0.4) is 0 Å². The van der Waals surface area contributed by atoms with Gasteiger partial charge in [-0.2, -0.15) is 0 Å². The zero-order valence-corrected chi connectivity index (χ0v) is 12.0. The molecule has 3 N–H and O–H groups in total. The number of anilines is 1. The predicted octanol–water partition coefficient (Wildman–Crippen LogP) is 2.49. The molecule has 0 aliphatic carbocycles. The van der Waals surface area contributed by atoms with Gasteiger partial charge in [0.15, 0.2) is 0 Å². The first kappa shape index (κ1) is 14.8. The van der Waals surface area contributed by atoms with Crippen molar-refractivity contribution >= 4 is 11.6 Å². The minimum atomic E-state index is -0.0497. The van der Waals surface area contributed by atoms with E-state index in [1.54, 1.807) is 0 Å². The van der Waals surface area contributed by atoms with Crippen LogP contribution in [0.15, 0.2) is 48.5 Å². The van der Waals surface area contributed by atoms with Gasteiger partial charge in [-0.15, -0.1) is 0 Å². The van der Waals surface area contributed by atoms with Crippen LogP contribution < -0.4 is 11.1 Å². The Hall–Kier alpha value is -2.57. The Morgan fingerprint density at radius 3 is 2.62 bits per heavy atom. The Labute approximate surface area is 125 Å². The predicted molar refractivity (Wildman–Crippen MR) is 85.9 cm³/mol. The van der Waals surface area contributed by atoms with Crippen molar-refractivity contribution in [2.45, 2.75) is 13.3 Å². The summed E-state index contributed by atoms with van der Waals surface area (Å²) in [7, 11) is 0. The van der Waals surface area contributed by atoms with Crippen LogP contribution in [-0.2, 0) is 11.2 Å². The Morgan fingerprint density at radius 2 is 1.86 bits per heavy atom. The van der Waals surface area contributed by atoms with Crippen molar-refractivity contribution in [3.8, 4) is 11.8 Å². The number of hydrogen-bond donors (Lipinski definition) is 2. The molecule has 3 heteroatoms. The first-order valence-corrected chi connectivity index (χ1v) is 6.83. The molecule has 2 aromatic carbocycles. The fourth-order valence-corrected chi connectivity index (χ4v) is 2.02. The monoisotopic (exact) mass is 278 g/mol. The first-order valence-electron chi connectivity index (χ1n) is 6.83. The van der Waals surface area contributed by atoms with Gasteiger partial charge in [0.1, 0.15) is 0 Å². The maximum absolute atomic E-state index is 12.2. The molecule has 21 heavy (non-hydrogen) atoms. The van der Waals surface area contributed by atoms with Gasteiger partial charge >= 0.3 is 0 Å². The lowest BCUT2D eigenvalue weighted by molar-refractivity contribution is -0.115. The third kappa shape index (κ3) is 4.20. The molecule has 0 fully saturated rings. The number of amides is 1. The second kappa shape index (κ2) is 7.28. The van der Waals surface area contributed by atoms with Crippen molar-refractivity contribution in [1.82, 2.24) is 0 Å². The normalized spacial score (nSPS) is 9.62. The van der Waals surface area contributed by atoms with Gasteiger partial charge in [0.25, 0.3) is 0 Å². The highest BCUT2D eigenvalue weighted by molar-refractivity contribution is 5.93. The summed E-state index contributed by atoms with van der Waals surface area (Å²) >= 11 is 0. The van der Waals surface area contributed by atoms with Crippen LogP contribution in [0.25, 0.3) is 0 Å². The lowest BCUT2D eigenvalue weighted by Crippen LogP contribution is -2.15. The van der Waals surface area contributed by atoms with Gasteiger partial charge in [-0.05, 0) is 30.2 Å². The number of carbonyl (C=O) groups excluding carboxylic acids is 1. The lowest BCUT2D eigenvalue weighted by atomic mass is 10.1. The zero-order valence-electron chi connectivity index (χ0n) is 12.0. The summed E-state index contributed by atoms with van der Waals surface area (Å²) in [6.07, 6.45) is 0.353. The van der Waals surface area contributed by atoms with Crippen molar-refractivity contribution in [2.75, 3.05) is 11.9 Å². The molecule has 0 aromatic heterocycles. The van der Waals surface area contributed by atoms with E-state index in [4.69, 9.17) is 5.73 Å². The third-order valence-electron chi connectivity index (χ3n) is 3.14. The van der Waals surface area contributed by atoms with Crippen LogP contribution in [0.2, 0.25) is 0 Å². The second-order valence-electron chi connectivity index (χ2n) is 4.70. The molecule has 0 unspecified atom stereocenters. The quantitative estimate of drug-likeness (QED) is 0.848. The Balaban J connectivity index is 2.12. The molecule has 0 aliphatic heterocycles. The smallest absolute Gasteiger partial charge is 0.228 e. The molecule has 0 saturated carbocycles. The number of nitrogens with two attached hydrogens (primary N) is 1. The molecule has 0 saturated heterocycles. The van der Waals surface area contributed by atoms with Crippen LogP contribution >= 0.6 is 0 Å². The van der Waals surface area contributed by atoms with E-state index in [-0.39, 0.29) is 5.91 Å². The minimum Gasteiger partial charge on any atom is -0.325 e. The van der Waals surface area contributed by atoms with Gasteiger partial charge in [0.05, 0.1) is 18.7 Å². The minimum absolute atomic E-state index is 0.0497. The van der Waals surface area contributed by atoms with E-state index in [1.807, 2.05) is 55.5 Å². The van der Waals surface area contributed by atoms with E-state index in [1.165, 1.54) is 0 Å². The number of rotatable bonds is 3. The maximum atomic E-state index is 12.2. The molecule has 2 aromatic rings. The highest BCUT2D eigenvalue weighted by Gasteiger charge is 2.07. The largest absolute Gasteiger partial charge is 0.325 e. The molecule has 106 valence electrons.